The van der Waals surface area contributed by atoms with Crippen LogP contribution in [-0.2, 0) is 9.59 Å². The molecule has 166 valence electrons. The highest BCUT2D eigenvalue weighted by Gasteiger charge is 2.43. The SMILES string of the molecule is NC1=C(C(=O)Nc2ccccc2)C(c2ccc(Cl)cc2)C(C(=O)Nc2ccccc2)C(=S)N1. The van der Waals surface area contributed by atoms with E-state index in [1.165, 1.54) is 0 Å². The van der Waals surface area contributed by atoms with Gasteiger partial charge in [0.25, 0.3) is 5.91 Å². The average molecular weight is 477 g/mol. The summed E-state index contributed by atoms with van der Waals surface area (Å²) in [6.07, 6.45) is 0. The van der Waals surface area contributed by atoms with Crippen LogP contribution in [0.2, 0.25) is 5.02 Å². The van der Waals surface area contributed by atoms with Crippen molar-refractivity contribution >= 4 is 52.0 Å². The highest BCUT2D eigenvalue weighted by atomic mass is 35.5. The lowest BCUT2D eigenvalue weighted by molar-refractivity contribution is -0.118. The van der Waals surface area contributed by atoms with E-state index in [0.717, 1.165) is 0 Å². The second-order valence-corrected chi connectivity index (χ2v) is 8.38. The topological polar surface area (TPSA) is 96.2 Å². The molecule has 8 heteroatoms. The number of hydrogen-bond acceptors (Lipinski definition) is 4. The first-order chi connectivity index (χ1) is 15.9. The van der Waals surface area contributed by atoms with Gasteiger partial charge < -0.3 is 21.7 Å². The Hall–Kier alpha value is -3.68. The second kappa shape index (κ2) is 9.85. The first-order valence-electron chi connectivity index (χ1n) is 10.2. The van der Waals surface area contributed by atoms with Crippen LogP contribution in [0.1, 0.15) is 11.5 Å². The third-order valence-electron chi connectivity index (χ3n) is 5.30. The fourth-order valence-electron chi connectivity index (χ4n) is 3.79. The van der Waals surface area contributed by atoms with Gasteiger partial charge in [-0.1, -0.05) is 72.3 Å². The molecule has 1 aliphatic rings. The molecule has 3 aromatic rings. The van der Waals surface area contributed by atoms with E-state index in [2.05, 4.69) is 16.0 Å². The van der Waals surface area contributed by atoms with Crippen LogP contribution < -0.4 is 21.7 Å². The molecule has 3 aromatic carbocycles. The summed E-state index contributed by atoms with van der Waals surface area (Å²) in [5.74, 6) is -2.26. The molecule has 1 heterocycles. The largest absolute Gasteiger partial charge is 0.385 e. The molecule has 1 aliphatic heterocycles. The lowest BCUT2D eigenvalue weighted by atomic mass is 9.77. The van der Waals surface area contributed by atoms with E-state index in [1.54, 1.807) is 48.5 Å². The van der Waals surface area contributed by atoms with Crippen molar-refractivity contribution in [1.82, 2.24) is 5.32 Å². The zero-order valence-corrected chi connectivity index (χ0v) is 19.0. The Labute approximate surface area is 201 Å². The highest BCUT2D eigenvalue weighted by molar-refractivity contribution is 7.80. The van der Waals surface area contributed by atoms with Gasteiger partial charge in [-0.25, -0.2) is 0 Å². The van der Waals surface area contributed by atoms with Crippen molar-refractivity contribution in [2.75, 3.05) is 10.6 Å². The van der Waals surface area contributed by atoms with Crippen LogP contribution in [0.3, 0.4) is 0 Å². The third kappa shape index (κ3) is 5.05. The van der Waals surface area contributed by atoms with E-state index in [9.17, 15) is 9.59 Å². The Morgan fingerprint density at radius 2 is 1.39 bits per heavy atom. The first kappa shape index (κ1) is 22.5. The maximum Gasteiger partial charge on any atom is 0.255 e. The number of hydrogen-bond donors (Lipinski definition) is 4. The van der Waals surface area contributed by atoms with Crippen molar-refractivity contribution in [3.05, 3.63) is 107 Å². The Balaban J connectivity index is 1.75. The quantitative estimate of drug-likeness (QED) is 0.409. The van der Waals surface area contributed by atoms with E-state index in [1.807, 2.05) is 36.4 Å². The molecular weight excluding hydrogens is 456 g/mol. The number of para-hydroxylation sites is 2. The zero-order chi connectivity index (χ0) is 23.4. The standard InChI is InChI=1S/C25H21ClN4O2S/c26-16-13-11-15(12-14-16)19-20(23(31)28-17-7-3-1-4-8-17)22(27)30-25(33)21(19)24(32)29-18-9-5-2-6-10-18/h1-14,19,21H,27H2,(H,28,31)(H,29,32)(H,30,33). The number of halogens is 1. The summed E-state index contributed by atoms with van der Waals surface area (Å²) in [4.78, 5) is 27.0. The summed E-state index contributed by atoms with van der Waals surface area (Å²) in [5.41, 5.74) is 8.41. The molecule has 0 bridgehead atoms. The number of carbonyl (C=O) groups excluding carboxylic acids is 2. The number of anilines is 2. The molecule has 0 radical (unpaired) electrons. The van der Waals surface area contributed by atoms with Gasteiger partial charge in [-0.2, -0.15) is 0 Å². The van der Waals surface area contributed by atoms with Crippen molar-refractivity contribution in [3.63, 3.8) is 0 Å². The summed E-state index contributed by atoms with van der Waals surface area (Å²) < 4.78 is 0. The highest BCUT2D eigenvalue weighted by Crippen LogP contribution is 2.38. The van der Waals surface area contributed by atoms with Crippen molar-refractivity contribution in [3.8, 4) is 0 Å². The van der Waals surface area contributed by atoms with Crippen LogP contribution in [0.25, 0.3) is 0 Å². The Morgan fingerprint density at radius 1 is 0.848 bits per heavy atom. The lowest BCUT2D eigenvalue weighted by Gasteiger charge is -2.34. The molecule has 0 fully saturated rings. The van der Waals surface area contributed by atoms with E-state index in [4.69, 9.17) is 29.6 Å². The fraction of sp³-hybridized carbons (Fsp3) is 0.0800. The normalized spacial score (nSPS) is 17.8. The molecule has 2 unspecified atom stereocenters. The van der Waals surface area contributed by atoms with E-state index < -0.39 is 17.7 Å². The first-order valence-corrected chi connectivity index (χ1v) is 11.0. The fourth-order valence-corrected chi connectivity index (χ4v) is 4.27. The minimum absolute atomic E-state index is 0.108. The molecule has 0 spiro atoms. The molecular formula is C25H21ClN4O2S. The number of benzene rings is 3. The Kier molecular flexibility index (Phi) is 6.72. The van der Waals surface area contributed by atoms with Gasteiger partial charge in [0.1, 0.15) is 11.7 Å². The maximum absolute atomic E-state index is 13.4. The monoisotopic (exact) mass is 476 g/mol. The van der Waals surface area contributed by atoms with Gasteiger partial charge in [-0.3, -0.25) is 9.59 Å². The number of nitrogens with two attached hydrogens (primary N) is 1. The van der Waals surface area contributed by atoms with E-state index >= 15 is 0 Å². The summed E-state index contributed by atoms with van der Waals surface area (Å²) >= 11 is 11.6. The third-order valence-corrected chi connectivity index (χ3v) is 5.91. The van der Waals surface area contributed by atoms with Gasteiger partial charge in [-0.05, 0) is 42.0 Å². The molecule has 33 heavy (non-hydrogen) atoms. The number of nitrogens with one attached hydrogen (secondary N) is 3. The van der Waals surface area contributed by atoms with Crippen molar-refractivity contribution in [2.45, 2.75) is 5.92 Å². The molecule has 0 aromatic heterocycles. The summed E-state index contributed by atoms with van der Waals surface area (Å²) in [6, 6.07) is 25.0. The predicted octanol–water partition coefficient (Wildman–Crippen LogP) is 4.42. The smallest absolute Gasteiger partial charge is 0.255 e. The van der Waals surface area contributed by atoms with Gasteiger partial charge in [0.2, 0.25) is 5.91 Å². The lowest BCUT2D eigenvalue weighted by Crippen LogP contribution is -2.49. The Morgan fingerprint density at radius 3 is 1.97 bits per heavy atom. The molecule has 2 atom stereocenters. The predicted molar refractivity (Wildman–Crippen MR) is 135 cm³/mol. The van der Waals surface area contributed by atoms with Gasteiger partial charge in [0.15, 0.2) is 0 Å². The second-order valence-electron chi connectivity index (χ2n) is 7.50. The van der Waals surface area contributed by atoms with Gasteiger partial charge >= 0.3 is 0 Å². The minimum Gasteiger partial charge on any atom is -0.385 e. The molecule has 2 amide bonds. The van der Waals surface area contributed by atoms with E-state index in [0.29, 0.717) is 22.0 Å². The van der Waals surface area contributed by atoms with Crippen LogP contribution in [0.15, 0.2) is 96.3 Å². The van der Waals surface area contributed by atoms with Crippen LogP contribution in [0, 0.1) is 5.92 Å². The van der Waals surface area contributed by atoms with Crippen molar-refractivity contribution in [2.24, 2.45) is 11.7 Å². The van der Waals surface area contributed by atoms with Crippen LogP contribution >= 0.6 is 23.8 Å². The summed E-state index contributed by atoms with van der Waals surface area (Å²) in [7, 11) is 0. The number of thiocarbonyl (C=S) groups is 1. The summed E-state index contributed by atoms with van der Waals surface area (Å²) in [5, 5.41) is 9.15. The van der Waals surface area contributed by atoms with Crippen LogP contribution in [0.5, 0.6) is 0 Å². The maximum atomic E-state index is 13.4. The molecule has 6 nitrogen and oxygen atoms in total. The van der Waals surface area contributed by atoms with Gasteiger partial charge in [0, 0.05) is 22.3 Å². The number of rotatable bonds is 5. The average Bonchev–Trinajstić information content (AvgIpc) is 2.80. The summed E-state index contributed by atoms with van der Waals surface area (Å²) in [6.45, 7) is 0. The number of amides is 2. The molecule has 0 aliphatic carbocycles. The molecule has 0 saturated carbocycles. The van der Waals surface area contributed by atoms with E-state index in [-0.39, 0.29) is 22.3 Å². The Bertz CT molecular complexity index is 1210. The van der Waals surface area contributed by atoms with Gasteiger partial charge in [0.05, 0.1) is 10.6 Å². The van der Waals surface area contributed by atoms with Crippen molar-refractivity contribution < 1.29 is 9.59 Å². The van der Waals surface area contributed by atoms with Gasteiger partial charge in [-0.15, -0.1) is 0 Å². The van der Waals surface area contributed by atoms with Crippen LogP contribution in [0.4, 0.5) is 11.4 Å². The number of carbonyl (C=O) groups is 2. The molecule has 4 rings (SSSR count). The van der Waals surface area contributed by atoms with Crippen molar-refractivity contribution in [1.29, 1.82) is 0 Å². The zero-order valence-electron chi connectivity index (χ0n) is 17.4. The minimum atomic E-state index is -0.870. The van der Waals surface area contributed by atoms with Crippen LogP contribution in [-0.4, -0.2) is 16.8 Å². The molecule has 5 N–H and O–H groups in total. The molecule has 0 saturated heterocycles.